The van der Waals surface area contributed by atoms with Crippen LogP contribution in [0.5, 0.6) is 5.75 Å². The number of amides is 2. The van der Waals surface area contributed by atoms with E-state index in [-0.39, 0.29) is 17.9 Å². The van der Waals surface area contributed by atoms with Crippen molar-refractivity contribution in [1.29, 1.82) is 0 Å². The lowest BCUT2D eigenvalue weighted by Crippen LogP contribution is -2.50. The first-order valence-corrected chi connectivity index (χ1v) is 12.3. The minimum Gasteiger partial charge on any atom is -0.494 e. The highest BCUT2D eigenvalue weighted by Gasteiger charge is 2.27. The number of hydrogen-bond acceptors (Lipinski definition) is 3. The van der Waals surface area contributed by atoms with E-state index in [1.807, 2.05) is 61.5 Å². The van der Waals surface area contributed by atoms with E-state index in [1.54, 1.807) is 4.90 Å². The zero-order valence-electron chi connectivity index (χ0n) is 18.8. The Morgan fingerprint density at radius 1 is 1.09 bits per heavy atom. The summed E-state index contributed by atoms with van der Waals surface area (Å²) in [5.41, 5.74) is 0.991. The van der Waals surface area contributed by atoms with Crippen molar-refractivity contribution in [3.05, 3.63) is 64.6 Å². The quantitative estimate of drug-likeness (QED) is 0.439. The molecule has 32 heavy (non-hydrogen) atoms. The molecular formula is C26H33BrN2O3. The van der Waals surface area contributed by atoms with Gasteiger partial charge < -0.3 is 15.0 Å². The van der Waals surface area contributed by atoms with Gasteiger partial charge in [0.2, 0.25) is 11.8 Å². The lowest BCUT2D eigenvalue weighted by atomic mass is 9.95. The van der Waals surface area contributed by atoms with Crippen LogP contribution < -0.4 is 10.1 Å². The van der Waals surface area contributed by atoms with Gasteiger partial charge in [0, 0.05) is 23.5 Å². The molecule has 0 radical (unpaired) electrons. The Morgan fingerprint density at radius 2 is 1.84 bits per heavy atom. The van der Waals surface area contributed by atoms with Gasteiger partial charge in [-0.1, -0.05) is 65.5 Å². The lowest BCUT2D eigenvalue weighted by molar-refractivity contribution is -0.141. The first-order valence-electron chi connectivity index (χ1n) is 11.5. The van der Waals surface area contributed by atoms with Crippen molar-refractivity contribution in [3.63, 3.8) is 0 Å². The third kappa shape index (κ3) is 7.66. The Bertz CT molecular complexity index is 868. The Kier molecular flexibility index (Phi) is 9.60. The molecule has 1 aliphatic carbocycles. The predicted molar refractivity (Wildman–Crippen MR) is 130 cm³/mol. The van der Waals surface area contributed by atoms with E-state index >= 15 is 0 Å². The second-order valence-corrected chi connectivity index (χ2v) is 9.35. The van der Waals surface area contributed by atoms with Crippen LogP contribution in [-0.2, 0) is 16.1 Å². The number of para-hydroxylation sites is 1. The number of benzene rings is 2. The van der Waals surface area contributed by atoms with Gasteiger partial charge in [-0.05, 0) is 56.0 Å². The summed E-state index contributed by atoms with van der Waals surface area (Å²) in [6.45, 7) is 2.69. The molecule has 1 fully saturated rings. The van der Waals surface area contributed by atoms with Crippen molar-refractivity contribution in [3.8, 4) is 5.75 Å². The Balaban J connectivity index is 1.60. The van der Waals surface area contributed by atoms with Crippen molar-refractivity contribution < 1.29 is 14.3 Å². The maximum atomic E-state index is 13.2. The van der Waals surface area contributed by atoms with Gasteiger partial charge in [0.1, 0.15) is 11.8 Å². The minimum atomic E-state index is -0.529. The summed E-state index contributed by atoms with van der Waals surface area (Å²) in [6, 6.07) is 17.2. The Morgan fingerprint density at radius 3 is 2.56 bits per heavy atom. The highest BCUT2D eigenvalue weighted by atomic mass is 79.9. The van der Waals surface area contributed by atoms with E-state index in [9.17, 15) is 9.59 Å². The molecule has 6 heteroatoms. The van der Waals surface area contributed by atoms with Crippen LogP contribution in [0.3, 0.4) is 0 Å². The summed E-state index contributed by atoms with van der Waals surface area (Å²) in [6.07, 6.45) is 6.52. The molecule has 5 nitrogen and oxygen atoms in total. The number of nitrogens with one attached hydrogen (secondary N) is 1. The van der Waals surface area contributed by atoms with E-state index in [0.717, 1.165) is 41.5 Å². The van der Waals surface area contributed by atoms with Crippen LogP contribution in [0.1, 0.15) is 57.4 Å². The van der Waals surface area contributed by atoms with Crippen molar-refractivity contribution in [2.75, 3.05) is 6.61 Å². The van der Waals surface area contributed by atoms with Gasteiger partial charge in [-0.2, -0.15) is 0 Å². The van der Waals surface area contributed by atoms with Crippen LogP contribution in [0, 0.1) is 0 Å². The Labute approximate surface area is 199 Å². The molecule has 0 aromatic heterocycles. The molecule has 2 aromatic carbocycles. The molecular weight excluding hydrogens is 468 g/mol. The summed E-state index contributed by atoms with van der Waals surface area (Å²) < 4.78 is 6.68. The molecule has 1 saturated carbocycles. The van der Waals surface area contributed by atoms with Gasteiger partial charge in [0.15, 0.2) is 0 Å². The first-order chi connectivity index (χ1) is 15.5. The molecule has 2 amide bonds. The average Bonchev–Trinajstić information content (AvgIpc) is 2.81. The molecule has 1 atom stereocenters. The summed E-state index contributed by atoms with van der Waals surface area (Å²) in [5, 5.41) is 3.17. The molecule has 0 bridgehead atoms. The molecule has 0 saturated heterocycles. The summed E-state index contributed by atoms with van der Waals surface area (Å²) in [5.74, 6) is 0.694. The van der Waals surface area contributed by atoms with Crippen LogP contribution in [-0.4, -0.2) is 35.4 Å². The fourth-order valence-corrected chi connectivity index (χ4v) is 4.50. The zero-order chi connectivity index (χ0) is 22.8. The SMILES string of the molecule is C[C@H](C(=O)NC1CCCCC1)N(Cc1cccc(Br)c1)C(=O)CCCOc1ccccc1. The maximum Gasteiger partial charge on any atom is 0.242 e. The first kappa shape index (κ1) is 24.3. The highest BCUT2D eigenvalue weighted by Crippen LogP contribution is 2.19. The van der Waals surface area contributed by atoms with Crippen molar-refractivity contribution in [1.82, 2.24) is 10.2 Å². The van der Waals surface area contributed by atoms with E-state index < -0.39 is 6.04 Å². The van der Waals surface area contributed by atoms with Gasteiger partial charge in [-0.3, -0.25) is 9.59 Å². The van der Waals surface area contributed by atoms with Gasteiger partial charge in [0.05, 0.1) is 6.61 Å². The predicted octanol–water partition coefficient (Wildman–Crippen LogP) is 5.47. The van der Waals surface area contributed by atoms with E-state index in [0.29, 0.717) is 26.0 Å². The van der Waals surface area contributed by atoms with Gasteiger partial charge >= 0.3 is 0 Å². The van der Waals surface area contributed by atoms with E-state index in [1.165, 1.54) is 6.42 Å². The molecule has 2 aromatic rings. The fourth-order valence-electron chi connectivity index (χ4n) is 4.06. The van der Waals surface area contributed by atoms with Gasteiger partial charge in [-0.25, -0.2) is 0 Å². The normalized spacial score (nSPS) is 15.1. The summed E-state index contributed by atoms with van der Waals surface area (Å²) in [7, 11) is 0. The fraction of sp³-hybridized carbons (Fsp3) is 0.462. The smallest absolute Gasteiger partial charge is 0.242 e. The van der Waals surface area contributed by atoms with Crippen LogP contribution in [0.4, 0.5) is 0 Å². The third-order valence-corrected chi connectivity index (χ3v) is 6.40. The standard InChI is InChI=1S/C26H33BrN2O3/c1-20(26(31)28-23-12-4-2-5-13-23)29(19-21-10-8-11-22(27)18-21)25(30)16-9-17-32-24-14-6-3-7-15-24/h3,6-8,10-11,14-15,18,20,23H,2,4-5,9,12-13,16-17,19H2,1H3,(H,28,31)/t20-/m1/s1. The van der Waals surface area contributed by atoms with Crippen molar-refractivity contribution >= 4 is 27.7 Å². The number of ether oxygens (including phenoxy) is 1. The van der Waals surface area contributed by atoms with Gasteiger partial charge in [-0.15, -0.1) is 0 Å². The molecule has 0 unspecified atom stereocenters. The zero-order valence-corrected chi connectivity index (χ0v) is 20.4. The molecule has 0 spiro atoms. The topological polar surface area (TPSA) is 58.6 Å². The minimum absolute atomic E-state index is 0.0343. The van der Waals surface area contributed by atoms with Crippen LogP contribution in [0.2, 0.25) is 0 Å². The number of halogens is 1. The number of nitrogens with zero attached hydrogens (tertiary/aromatic N) is 1. The lowest BCUT2D eigenvalue weighted by Gasteiger charge is -2.31. The second kappa shape index (κ2) is 12.6. The molecule has 1 N–H and O–H groups in total. The molecule has 3 rings (SSSR count). The van der Waals surface area contributed by atoms with Crippen LogP contribution >= 0.6 is 15.9 Å². The number of carbonyl (C=O) groups excluding carboxylic acids is 2. The van der Waals surface area contributed by atoms with E-state index in [2.05, 4.69) is 21.2 Å². The molecule has 1 aliphatic rings. The maximum absolute atomic E-state index is 13.2. The second-order valence-electron chi connectivity index (χ2n) is 8.44. The Hall–Kier alpha value is -2.34. The van der Waals surface area contributed by atoms with Crippen molar-refractivity contribution in [2.24, 2.45) is 0 Å². The largest absolute Gasteiger partial charge is 0.494 e. The summed E-state index contributed by atoms with van der Waals surface area (Å²) in [4.78, 5) is 27.8. The summed E-state index contributed by atoms with van der Waals surface area (Å²) >= 11 is 3.50. The third-order valence-electron chi connectivity index (χ3n) is 5.91. The number of rotatable bonds is 10. The highest BCUT2D eigenvalue weighted by molar-refractivity contribution is 9.10. The van der Waals surface area contributed by atoms with Crippen LogP contribution in [0.15, 0.2) is 59.1 Å². The van der Waals surface area contributed by atoms with Gasteiger partial charge in [0.25, 0.3) is 0 Å². The molecule has 0 heterocycles. The average molecular weight is 501 g/mol. The number of carbonyl (C=O) groups is 2. The van der Waals surface area contributed by atoms with E-state index in [4.69, 9.17) is 4.74 Å². The number of hydrogen-bond donors (Lipinski definition) is 1. The molecule has 172 valence electrons. The van der Waals surface area contributed by atoms with Crippen molar-refractivity contribution in [2.45, 2.75) is 70.5 Å². The molecule has 0 aliphatic heterocycles. The monoisotopic (exact) mass is 500 g/mol. The van der Waals surface area contributed by atoms with Crippen LogP contribution in [0.25, 0.3) is 0 Å².